The first-order valence-corrected chi connectivity index (χ1v) is 16.0. The number of benzene rings is 4. The maximum absolute atomic E-state index is 14.0. The highest BCUT2D eigenvalue weighted by Crippen LogP contribution is 2.31. The molecular formula is C34H31N5O5S. The quantitative estimate of drug-likeness (QED) is 0.215. The predicted molar refractivity (Wildman–Crippen MR) is 173 cm³/mol. The number of nitrogens with one attached hydrogen (secondary N) is 2. The second-order valence-corrected chi connectivity index (χ2v) is 12.5. The van der Waals surface area contributed by atoms with E-state index in [0.717, 1.165) is 27.6 Å². The molecule has 5 aromatic rings. The molecule has 1 aliphatic rings. The minimum Gasteiger partial charge on any atom is -0.497 e. The third kappa shape index (κ3) is 6.18. The number of ether oxygens (including phenoxy) is 1. The van der Waals surface area contributed by atoms with Crippen LogP contribution >= 0.6 is 0 Å². The first-order chi connectivity index (χ1) is 21.8. The Morgan fingerprint density at radius 1 is 0.911 bits per heavy atom. The van der Waals surface area contributed by atoms with Crippen molar-refractivity contribution >= 4 is 55.2 Å². The molecule has 0 radical (unpaired) electrons. The molecule has 1 unspecified atom stereocenters. The lowest BCUT2D eigenvalue weighted by atomic mass is 9.96. The van der Waals surface area contributed by atoms with Crippen LogP contribution in [0.5, 0.6) is 5.75 Å². The number of methoxy groups -OCH3 is 1. The minimum absolute atomic E-state index is 0.0180. The maximum Gasteiger partial charge on any atom is 0.329 e. The average Bonchev–Trinajstić information content (AvgIpc) is 3.71. The van der Waals surface area contributed by atoms with E-state index in [4.69, 9.17) is 4.74 Å². The Morgan fingerprint density at radius 3 is 2.36 bits per heavy atom. The summed E-state index contributed by atoms with van der Waals surface area (Å²) in [6.07, 6.45) is 1.79. The van der Waals surface area contributed by atoms with Gasteiger partial charge in [-0.2, -0.15) is 13.7 Å². The number of hydrogen-bond donors (Lipinski definition) is 2. The van der Waals surface area contributed by atoms with Gasteiger partial charge in [-0.05, 0) is 84.1 Å². The predicted octanol–water partition coefficient (Wildman–Crippen LogP) is 5.30. The molecule has 4 aromatic carbocycles. The zero-order chi connectivity index (χ0) is 31.6. The maximum atomic E-state index is 14.0. The van der Waals surface area contributed by atoms with Gasteiger partial charge in [-0.3, -0.25) is 14.3 Å². The largest absolute Gasteiger partial charge is 0.497 e. The van der Waals surface area contributed by atoms with Crippen LogP contribution in [0.1, 0.15) is 24.0 Å². The monoisotopic (exact) mass is 621 g/mol. The molecule has 6 rings (SSSR count). The molecule has 2 N–H and O–H groups in total. The molecular weight excluding hydrogens is 590 g/mol. The van der Waals surface area contributed by atoms with Crippen LogP contribution < -0.4 is 14.8 Å². The number of nitrogens with zero attached hydrogens (tertiary/aromatic N) is 3. The lowest BCUT2D eigenvalue weighted by Gasteiger charge is -2.23. The number of hydrogen-bond acceptors (Lipinski definition) is 6. The molecule has 1 saturated heterocycles. The van der Waals surface area contributed by atoms with Crippen LogP contribution in [-0.4, -0.2) is 49.3 Å². The van der Waals surface area contributed by atoms with Gasteiger partial charge in [0.1, 0.15) is 17.5 Å². The summed E-state index contributed by atoms with van der Waals surface area (Å²) in [4.78, 5) is 29.3. The number of carbonyl (C=O) groups excluding carboxylic acids is 2. The van der Waals surface area contributed by atoms with E-state index in [1.807, 2.05) is 30.3 Å². The first-order valence-electron chi connectivity index (χ1n) is 14.6. The zero-order valence-electron chi connectivity index (χ0n) is 24.6. The van der Waals surface area contributed by atoms with E-state index in [9.17, 15) is 23.3 Å². The SMILES string of the molecule is COc1ccc2c(c1)cc(NC(=O)C(Cc1ccc(C#N)cc1)C(=O)N1CCCC1)n2S(=O)(=O)Nc1ccc2ccccc2c1. The van der Waals surface area contributed by atoms with Crippen molar-refractivity contribution in [3.8, 4) is 11.8 Å². The molecule has 1 aromatic heterocycles. The van der Waals surface area contributed by atoms with E-state index in [0.29, 0.717) is 46.6 Å². The van der Waals surface area contributed by atoms with Crippen molar-refractivity contribution in [2.24, 2.45) is 5.92 Å². The summed E-state index contributed by atoms with van der Waals surface area (Å²) in [5.41, 5.74) is 1.84. The molecule has 0 aliphatic carbocycles. The standard InChI is InChI=1S/C34H31N5O5S/c1-44-29-14-15-31-27(20-29)21-32(39(31)45(42,43)37-28-13-12-25-6-2-3-7-26(25)19-28)36-33(40)30(34(41)38-16-4-5-17-38)18-23-8-10-24(22-35)11-9-23/h2-3,6-15,19-21,30,37H,4-5,16-18H2,1H3,(H,36,40). The molecule has 2 amide bonds. The van der Waals surface area contributed by atoms with Gasteiger partial charge in [-0.25, -0.2) is 3.97 Å². The number of fused-ring (bicyclic) bond motifs is 2. The molecule has 0 saturated carbocycles. The number of aromatic nitrogens is 1. The number of likely N-dealkylation sites (tertiary alicyclic amines) is 1. The highest BCUT2D eigenvalue weighted by atomic mass is 32.2. The van der Waals surface area contributed by atoms with Crippen LogP contribution in [0.4, 0.5) is 11.5 Å². The Kier molecular flexibility index (Phi) is 8.15. The number of carbonyl (C=O) groups is 2. The minimum atomic E-state index is -4.30. The molecule has 10 nitrogen and oxygen atoms in total. The van der Waals surface area contributed by atoms with E-state index in [2.05, 4.69) is 16.1 Å². The lowest BCUT2D eigenvalue weighted by Crippen LogP contribution is -2.41. The molecule has 2 heterocycles. The Balaban J connectivity index is 1.37. The van der Waals surface area contributed by atoms with Crippen LogP contribution in [0, 0.1) is 17.2 Å². The van der Waals surface area contributed by atoms with Crippen LogP contribution in [0.2, 0.25) is 0 Å². The van der Waals surface area contributed by atoms with E-state index in [-0.39, 0.29) is 18.1 Å². The van der Waals surface area contributed by atoms with Gasteiger partial charge >= 0.3 is 10.2 Å². The van der Waals surface area contributed by atoms with Crippen molar-refractivity contribution < 1.29 is 22.7 Å². The molecule has 1 aliphatic heterocycles. The van der Waals surface area contributed by atoms with Gasteiger partial charge in [-0.1, -0.05) is 42.5 Å². The van der Waals surface area contributed by atoms with Gasteiger partial charge in [0, 0.05) is 18.5 Å². The van der Waals surface area contributed by atoms with Crippen LogP contribution in [-0.2, 0) is 26.2 Å². The zero-order valence-corrected chi connectivity index (χ0v) is 25.4. The fourth-order valence-corrected chi connectivity index (χ4v) is 7.00. The van der Waals surface area contributed by atoms with Gasteiger partial charge in [-0.15, -0.1) is 0 Å². The average molecular weight is 622 g/mol. The third-order valence-electron chi connectivity index (χ3n) is 8.01. The van der Waals surface area contributed by atoms with Gasteiger partial charge in [0.25, 0.3) is 0 Å². The second kappa shape index (κ2) is 12.3. The van der Waals surface area contributed by atoms with E-state index in [1.54, 1.807) is 65.6 Å². The topological polar surface area (TPSA) is 134 Å². The molecule has 0 bridgehead atoms. The van der Waals surface area contributed by atoms with Crippen LogP contribution in [0.15, 0.2) is 91.0 Å². The van der Waals surface area contributed by atoms with E-state index < -0.39 is 22.0 Å². The summed E-state index contributed by atoms with van der Waals surface area (Å²) in [6, 6.07) is 28.1. The summed E-state index contributed by atoms with van der Waals surface area (Å²) in [6.45, 7) is 1.11. The highest BCUT2D eigenvalue weighted by Gasteiger charge is 2.34. The van der Waals surface area contributed by atoms with Crippen LogP contribution in [0.3, 0.4) is 0 Å². The Morgan fingerprint density at radius 2 is 1.64 bits per heavy atom. The van der Waals surface area contributed by atoms with Crippen molar-refractivity contribution in [2.45, 2.75) is 19.3 Å². The third-order valence-corrected chi connectivity index (χ3v) is 9.38. The summed E-state index contributed by atoms with van der Waals surface area (Å²) < 4.78 is 37.0. The Hall–Kier alpha value is -5.34. The van der Waals surface area contributed by atoms with Crippen LogP contribution in [0.25, 0.3) is 21.7 Å². The molecule has 11 heteroatoms. The summed E-state index contributed by atoms with van der Waals surface area (Å²) in [7, 11) is -2.79. The molecule has 1 atom stereocenters. The summed E-state index contributed by atoms with van der Waals surface area (Å²) in [5.74, 6) is -1.58. The number of anilines is 2. The first kappa shape index (κ1) is 29.7. The summed E-state index contributed by atoms with van der Waals surface area (Å²) >= 11 is 0. The number of amides is 2. The van der Waals surface area contributed by atoms with Gasteiger partial charge in [0.05, 0.1) is 29.9 Å². The molecule has 45 heavy (non-hydrogen) atoms. The smallest absolute Gasteiger partial charge is 0.329 e. The molecule has 0 spiro atoms. The molecule has 228 valence electrons. The van der Waals surface area contributed by atoms with Crippen molar-refractivity contribution in [1.82, 2.24) is 8.87 Å². The Labute approximate surface area is 261 Å². The molecule has 1 fully saturated rings. The van der Waals surface area contributed by atoms with Gasteiger partial charge < -0.3 is 15.0 Å². The fraction of sp³-hybridized carbons (Fsp3) is 0.206. The van der Waals surface area contributed by atoms with Gasteiger partial charge in [0.15, 0.2) is 0 Å². The van der Waals surface area contributed by atoms with E-state index in [1.165, 1.54) is 7.11 Å². The number of nitriles is 1. The highest BCUT2D eigenvalue weighted by molar-refractivity contribution is 7.91. The van der Waals surface area contributed by atoms with Gasteiger partial charge in [0.2, 0.25) is 11.8 Å². The second-order valence-electron chi connectivity index (χ2n) is 11.0. The Bertz CT molecular complexity index is 2060. The fourth-order valence-electron chi connectivity index (χ4n) is 5.70. The van der Waals surface area contributed by atoms with Crippen molar-refractivity contribution in [2.75, 3.05) is 30.2 Å². The normalized spacial score (nSPS) is 13.8. The lowest BCUT2D eigenvalue weighted by molar-refractivity contribution is -0.139. The van der Waals surface area contributed by atoms with Crippen molar-refractivity contribution in [3.05, 3.63) is 102 Å². The van der Waals surface area contributed by atoms with Crippen molar-refractivity contribution in [3.63, 3.8) is 0 Å². The van der Waals surface area contributed by atoms with Crippen molar-refractivity contribution in [1.29, 1.82) is 5.26 Å². The summed E-state index contributed by atoms with van der Waals surface area (Å²) in [5, 5.41) is 14.3. The number of rotatable bonds is 9. The van der Waals surface area contributed by atoms with E-state index >= 15 is 0 Å².